The lowest BCUT2D eigenvalue weighted by molar-refractivity contribution is -0.118. The molecule has 2 aliphatic rings. The van der Waals surface area contributed by atoms with Crippen LogP contribution in [0.5, 0.6) is 0 Å². The second-order valence-corrected chi connectivity index (χ2v) is 5.03. The molecule has 1 N–H and O–H groups in total. The second kappa shape index (κ2) is 4.15. The summed E-state index contributed by atoms with van der Waals surface area (Å²) >= 11 is 0. The third kappa shape index (κ3) is 1.84. The molecule has 0 bridgehead atoms. The van der Waals surface area contributed by atoms with Crippen LogP contribution in [-0.4, -0.2) is 26.0 Å². The van der Waals surface area contributed by atoms with Gasteiger partial charge in [-0.2, -0.15) is 0 Å². The zero-order chi connectivity index (χ0) is 11.8. The predicted molar refractivity (Wildman–Crippen MR) is 68.4 cm³/mol. The van der Waals surface area contributed by atoms with Gasteiger partial charge >= 0.3 is 0 Å². The maximum atomic E-state index is 11.6. The average Bonchev–Trinajstić information content (AvgIpc) is 2.87. The fraction of sp³-hybridized carbons (Fsp3) is 0.500. The summed E-state index contributed by atoms with van der Waals surface area (Å²) < 4.78 is 0. The minimum Gasteiger partial charge on any atom is -0.316 e. The highest BCUT2D eigenvalue weighted by Crippen LogP contribution is 2.31. The van der Waals surface area contributed by atoms with E-state index in [1.165, 1.54) is 17.5 Å². The lowest BCUT2D eigenvalue weighted by Crippen LogP contribution is -2.31. The number of benzene rings is 1. The first-order chi connectivity index (χ1) is 8.25. The first kappa shape index (κ1) is 10.8. The molecule has 0 spiro atoms. The van der Waals surface area contributed by atoms with Crippen molar-refractivity contribution >= 4 is 11.6 Å². The summed E-state index contributed by atoms with van der Waals surface area (Å²) in [4.78, 5) is 13.4. The summed E-state index contributed by atoms with van der Waals surface area (Å²) in [5.41, 5.74) is 3.85. The maximum absolute atomic E-state index is 11.6. The van der Waals surface area contributed by atoms with Gasteiger partial charge in [-0.3, -0.25) is 4.79 Å². The summed E-state index contributed by atoms with van der Waals surface area (Å²) in [5.74, 6) is 0.885. The Kier molecular flexibility index (Phi) is 2.63. The molecule has 1 atom stereocenters. The van der Waals surface area contributed by atoms with Crippen LogP contribution < -0.4 is 10.2 Å². The van der Waals surface area contributed by atoms with Gasteiger partial charge in [-0.15, -0.1) is 0 Å². The topological polar surface area (TPSA) is 32.3 Å². The number of fused-ring (bicyclic) bond motifs is 1. The van der Waals surface area contributed by atoms with E-state index in [0.717, 1.165) is 25.2 Å². The van der Waals surface area contributed by atoms with Crippen molar-refractivity contribution in [1.82, 2.24) is 5.32 Å². The molecular formula is C14H18N2O. The molecule has 0 saturated carbocycles. The van der Waals surface area contributed by atoms with Crippen molar-refractivity contribution in [3.63, 3.8) is 0 Å². The molecule has 1 saturated heterocycles. The third-order valence-corrected chi connectivity index (χ3v) is 3.98. The number of carbonyl (C=O) groups excluding carboxylic acids is 1. The van der Waals surface area contributed by atoms with Crippen molar-refractivity contribution in [1.29, 1.82) is 0 Å². The van der Waals surface area contributed by atoms with Crippen molar-refractivity contribution in [3.8, 4) is 0 Å². The minimum absolute atomic E-state index is 0.229. The molecule has 3 heteroatoms. The molecule has 2 aliphatic heterocycles. The number of rotatable bonds is 1. The van der Waals surface area contributed by atoms with E-state index in [0.29, 0.717) is 12.3 Å². The van der Waals surface area contributed by atoms with E-state index in [1.54, 1.807) is 4.90 Å². The molecule has 1 unspecified atom stereocenters. The van der Waals surface area contributed by atoms with E-state index < -0.39 is 0 Å². The highest BCUT2D eigenvalue weighted by molar-refractivity contribution is 5.95. The van der Waals surface area contributed by atoms with Gasteiger partial charge in [0.1, 0.15) is 0 Å². The van der Waals surface area contributed by atoms with E-state index in [2.05, 4.69) is 23.5 Å². The number of anilines is 1. The Morgan fingerprint density at radius 1 is 1.35 bits per heavy atom. The van der Waals surface area contributed by atoms with Crippen molar-refractivity contribution < 1.29 is 4.79 Å². The number of hydrogen-bond donors (Lipinski definition) is 1. The Balaban J connectivity index is 1.93. The molecule has 1 fully saturated rings. The Morgan fingerprint density at radius 3 is 3.00 bits per heavy atom. The Labute approximate surface area is 102 Å². The van der Waals surface area contributed by atoms with Crippen molar-refractivity contribution in [2.75, 3.05) is 25.0 Å². The van der Waals surface area contributed by atoms with E-state index in [-0.39, 0.29) is 5.91 Å². The van der Waals surface area contributed by atoms with Gasteiger partial charge in [-0.05, 0) is 42.5 Å². The van der Waals surface area contributed by atoms with Gasteiger partial charge < -0.3 is 10.2 Å². The van der Waals surface area contributed by atoms with Crippen molar-refractivity contribution in [2.45, 2.75) is 25.2 Å². The highest BCUT2D eigenvalue weighted by atomic mass is 16.2. The molecular weight excluding hydrogens is 212 g/mol. The largest absolute Gasteiger partial charge is 0.316 e. The highest BCUT2D eigenvalue weighted by Gasteiger charge is 2.23. The Hall–Kier alpha value is -1.35. The summed E-state index contributed by atoms with van der Waals surface area (Å²) in [5, 5.41) is 3.40. The van der Waals surface area contributed by atoms with Crippen LogP contribution in [0.25, 0.3) is 0 Å². The molecule has 3 rings (SSSR count). The fourth-order valence-electron chi connectivity index (χ4n) is 2.87. The van der Waals surface area contributed by atoms with E-state index >= 15 is 0 Å². The summed E-state index contributed by atoms with van der Waals surface area (Å²) in [6.45, 7) is 2.22. The SMILES string of the molecule is CN1C(=O)CCc2cc(C3CCNC3)ccc21. The fourth-order valence-corrected chi connectivity index (χ4v) is 2.87. The molecule has 0 aliphatic carbocycles. The van der Waals surface area contributed by atoms with Gasteiger partial charge in [-0.1, -0.05) is 12.1 Å². The first-order valence-corrected chi connectivity index (χ1v) is 6.36. The molecule has 1 aromatic carbocycles. The first-order valence-electron chi connectivity index (χ1n) is 6.36. The van der Waals surface area contributed by atoms with Crippen LogP contribution in [0.15, 0.2) is 18.2 Å². The standard InChI is InChI=1S/C14H18N2O/c1-16-13-4-2-10(12-6-7-15-9-12)8-11(13)3-5-14(16)17/h2,4,8,12,15H,3,5-7,9H2,1H3. The lowest BCUT2D eigenvalue weighted by Gasteiger charge is -2.26. The second-order valence-electron chi connectivity index (χ2n) is 5.03. The molecule has 1 aromatic rings. The van der Waals surface area contributed by atoms with E-state index in [4.69, 9.17) is 0 Å². The van der Waals surface area contributed by atoms with Crippen LogP contribution in [-0.2, 0) is 11.2 Å². The number of aryl methyl sites for hydroxylation is 1. The molecule has 0 radical (unpaired) electrons. The van der Waals surface area contributed by atoms with Crippen LogP contribution in [0.1, 0.15) is 29.9 Å². The van der Waals surface area contributed by atoms with E-state index in [1.807, 2.05) is 7.05 Å². The zero-order valence-corrected chi connectivity index (χ0v) is 10.2. The normalized spacial score (nSPS) is 23.9. The summed E-state index contributed by atoms with van der Waals surface area (Å²) in [6, 6.07) is 6.60. The van der Waals surface area contributed by atoms with Gasteiger partial charge in [0.15, 0.2) is 0 Å². The van der Waals surface area contributed by atoms with Crippen molar-refractivity contribution in [2.24, 2.45) is 0 Å². The van der Waals surface area contributed by atoms with Gasteiger partial charge in [0.2, 0.25) is 5.91 Å². The van der Waals surface area contributed by atoms with Crippen LogP contribution in [0.4, 0.5) is 5.69 Å². The van der Waals surface area contributed by atoms with Gasteiger partial charge in [0.25, 0.3) is 0 Å². The van der Waals surface area contributed by atoms with E-state index in [9.17, 15) is 4.79 Å². The Morgan fingerprint density at radius 2 is 2.24 bits per heavy atom. The van der Waals surface area contributed by atoms with Gasteiger partial charge in [0.05, 0.1) is 0 Å². The van der Waals surface area contributed by atoms with Gasteiger partial charge in [0, 0.05) is 25.7 Å². The quantitative estimate of drug-likeness (QED) is 0.796. The lowest BCUT2D eigenvalue weighted by atomic mass is 9.92. The third-order valence-electron chi connectivity index (χ3n) is 3.98. The predicted octanol–water partition coefficient (Wildman–Crippen LogP) is 1.67. The average molecular weight is 230 g/mol. The number of hydrogen-bond acceptors (Lipinski definition) is 2. The molecule has 3 nitrogen and oxygen atoms in total. The number of amides is 1. The smallest absolute Gasteiger partial charge is 0.227 e. The van der Waals surface area contributed by atoms with Crippen LogP contribution in [0, 0.1) is 0 Å². The maximum Gasteiger partial charge on any atom is 0.227 e. The zero-order valence-electron chi connectivity index (χ0n) is 10.2. The number of nitrogens with zero attached hydrogens (tertiary/aromatic N) is 1. The van der Waals surface area contributed by atoms with Crippen molar-refractivity contribution in [3.05, 3.63) is 29.3 Å². The van der Waals surface area contributed by atoms with Crippen LogP contribution in [0.2, 0.25) is 0 Å². The molecule has 0 aromatic heterocycles. The van der Waals surface area contributed by atoms with Crippen LogP contribution >= 0.6 is 0 Å². The number of carbonyl (C=O) groups is 1. The summed E-state index contributed by atoms with van der Waals surface area (Å²) in [7, 11) is 1.87. The molecule has 1 amide bonds. The monoisotopic (exact) mass is 230 g/mol. The Bertz CT molecular complexity index is 450. The minimum atomic E-state index is 0.229. The van der Waals surface area contributed by atoms with Crippen LogP contribution in [0.3, 0.4) is 0 Å². The summed E-state index contributed by atoms with van der Waals surface area (Å²) in [6.07, 6.45) is 2.77. The molecule has 90 valence electrons. The van der Waals surface area contributed by atoms with Gasteiger partial charge in [-0.25, -0.2) is 0 Å². The molecule has 17 heavy (non-hydrogen) atoms. The molecule has 2 heterocycles. The number of nitrogens with one attached hydrogen (secondary N) is 1.